The average molecular weight is 240 g/mol. The standard InChI is InChI=1S/C16H16O2/c1-3-7-12(2)16(17)18-15-11-10-13-8-5-4-6-9-14(13)15/h4-11H,3H2,1-2H3. The van der Waals surface area contributed by atoms with E-state index in [1.807, 2.05) is 55.5 Å². The molecule has 0 fully saturated rings. The Morgan fingerprint density at radius 1 is 1.17 bits per heavy atom. The molecular weight excluding hydrogens is 224 g/mol. The van der Waals surface area contributed by atoms with E-state index in [-0.39, 0.29) is 5.97 Å². The Balaban J connectivity index is 2.25. The van der Waals surface area contributed by atoms with E-state index in [9.17, 15) is 4.79 Å². The van der Waals surface area contributed by atoms with Crippen LogP contribution in [0.1, 0.15) is 20.3 Å². The molecule has 2 aliphatic carbocycles. The van der Waals surface area contributed by atoms with Crippen molar-refractivity contribution in [2.75, 3.05) is 0 Å². The minimum absolute atomic E-state index is 0.282. The smallest absolute Gasteiger partial charge is 0.338 e. The van der Waals surface area contributed by atoms with Crippen LogP contribution < -0.4 is 4.74 Å². The van der Waals surface area contributed by atoms with Gasteiger partial charge in [0.1, 0.15) is 5.75 Å². The zero-order chi connectivity index (χ0) is 13.0. The van der Waals surface area contributed by atoms with Crippen LogP contribution in [-0.4, -0.2) is 5.97 Å². The summed E-state index contributed by atoms with van der Waals surface area (Å²) in [6, 6.07) is 13.6. The fourth-order valence-corrected chi connectivity index (χ4v) is 1.85. The van der Waals surface area contributed by atoms with Gasteiger partial charge in [-0.2, -0.15) is 0 Å². The van der Waals surface area contributed by atoms with Crippen molar-refractivity contribution in [3.63, 3.8) is 0 Å². The normalized spacial score (nSPS) is 11.6. The molecule has 0 unspecified atom stereocenters. The molecule has 2 nitrogen and oxygen atoms in total. The van der Waals surface area contributed by atoms with Crippen molar-refractivity contribution < 1.29 is 9.53 Å². The number of carbonyl (C=O) groups excluding carboxylic acids is 1. The van der Waals surface area contributed by atoms with Gasteiger partial charge in [0.25, 0.3) is 0 Å². The number of carbonyl (C=O) groups is 1. The minimum atomic E-state index is -0.282. The van der Waals surface area contributed by atoms with Crippen LogP contribution in [0.5, 0.6) is 5.75 Å². The SMILES string of the molecule is CCC=C(C)C(=O)Oc1ccc2cccccc1-2. The van der Waals surface area contributed by atoms with E-state index in [4.69, 9.17) is 4.74 Å². The molecule has 0 atom stereocenters. The molecular formula is C16H16O2. The topological polar surface area (TPSA) is 26.3 Å². The van der Waals surface area contributed by atoms with Gasteiger partial charge in [-0.15, -0.1) is 0 Å². The van der Waals surface area contributed by atoms with Crippen LogP contribution in [0.15, 0.2) is 54.1 Å². The second-order valence-electron chi connectivity index (χ2n) is 4.16. The Kier molecular flexibility index (Phi) is 3.78. The molecule has 0 aromatic carbocycles. The highest BCUT2D eigenvalue weighted by molar-refractivity contribution is 5.91. The summed E-state index contributed by atoms with van der Waals surface area (Å²) in [7, 11) is 0. The molecule has 0 N–H and O–H groups in total. The second-order valence-corrected chi connectivity index (χ2v) is 4.16. The molecule has 0 radical (unpaired) electrons. The molecule has 18 heavy (non-hydrogen) atoms. The van der Waals surface area contributed by atoms with E-state index >= 15 is 0 Å². The van der Waals surface area contributed by atoms with Gasteiger partial charge in [-0.05, 0) is 25.0 Å². The van der Waals surface area contributed by atoms with Crippen molar-refractivity contribution in [3.8, 4) is 16.9 Å². The van der Waals surface area contributed by atoms with Crippen LogP contribution in [0.3, 0.4) is 0 Å². The lowest BCUT2D eigenvalue weighted by molar-refractivity contribution is -0.130. The quantitative estimate of drug-likeness (QED) is 0.597. The van der Waals surface area contributed by atoms with Crippen LogP contribution in [-0.2, 0) is 4.79 Å². The Bertz CT molecular complexity index is 555. The molecule has 0 amide bonds. The lowest BCUT2D eigenvalue weighted by Gasteiger charge is -2.04. The summed E-state index contributed by atoms with van der Waals surface area (Å²) in [5.74, 6) is 0.339. The molecule has 0 aromatic rings. The van der Waals surface area contributed by atoms with Gasteiger partial charge in [0.05, 0.1) is 0 Å². The zero-order valence-electron chi connectivity index (χ0n) is 10.6. The Morgan fingerprint density at radius 2 is 1.94 bits per heavy atom. The van der Waals surface area contributed by atoms with Crippen molar-refractivity contribution in [1.82, 2.24) is 0 Å². The van der Waals surface area contributed by atoms with E-state index in [0.29, 0.717) is 11.3 Å². The maximum Gasteiger partial charge on any atom is 0.338 e. The molecule has 0 spiro atoms. The number of allylic oxidation sites excluding steroid dienone is 1. The van der Waals surface area contributed by atoms with Gasteiger partial charge in [-0.25, -0.2) is 4.79 Å². The van der Waals surface area contributed by atoms with Gasteiger partial charge >= 0.3 is 5.97 Å². The molecule has 0 aliphatic heterocycles. The Hall–Kier alpha value is -2.09. The van der Waals surface area contributed by atoms with E-state index in [2.05, 4.69) is 0 Å². The number of hydrogen-bond donors (Lipinski definition) is 0. The van der Waals surface area contributed by atoms with Crippen LogP contribution in [0, 0.1) is 0 Å². The largest absolute Gasteiger partial charge is 0.423 e. The van der Waals surface area contributed by atoms with Gasteiger partial charge in [-0.1, -0.05) is 49.4 Å². The zero-order valence-corrected chi connectivity index (χ0v) is 10.6. The first-order valence-corrected chi connectivity index (χ1v) is 6.09. The Morgan fingerprint density at radius 3 is 2.72 bits per heavy atom. The third-order valence-corrected chi connectivity index (χ3v) is 2.79. The van der Waals surface area contributed by atoms with E-state index in [1.54, 1.807) is 6.92 Å². The predicted octanol–water partition coefficient (Wildman–Crippen LogP) is 4.05. The summed E-state index contributed by atoms with van der Waals surface area (Å²) in [6.07, 6.45) is 2.70. The summed E-state index contributed by atoms with van der Waals surface area (Å²) in [5, 5.41) is 0. The monoisotopic (exact) mass is 240 g/mol. The van der Waals surface area contributed by atoms with Crippen molar-refractivity contribution in [1.29, 1.82) is 0 Å². The maximum absolute atomic E-state index is 11.8. The Labute approximate surface area is 107 Å². The molecule has 2 aliphatic rings. The second kappa shape index (κ2) is 5.50. The van der Waals surface area contributed by atoms with Gasteiger partial charge in [0.15, 0.2) is 0 Å². The number of fused-ring (bicyclic) bond motifs is 1. The van der Waals surface area contributed by atoms with Crippen molar-refractivity contribution >= 4 is 5.97 Å². The lowest BCUT2D eigenvalue weighted by atomic mass is 10.2. The highest BCUT2D eigenvalue weighted by Gasteiger charge is 2.13. The summed E-state index contributed by atoms with van der Waals surface area (Å²) in [5.41, 5.74) is 2.67. The van der Waals surface area contributed by atoms with Gasteiger partial charge in [0, 0.05) is 11.1 Å². The summed E-state index contributed by atoms with van der Waals surface area (Å²) >= 11 is 0. The minimum Gasteiger partial charge on any atom is -0.423 e. The fourth-order valence-electron chi connectivity index (χ4n) is 1.85. The third kappa shape index (κ3) is 2.59. The summed E-state index contributed by atoms with van der Waals surface area (Å²) in [4.78, 5) is 11.8. The third-order valence-electron chi connectivity index (χ3n) is 2.79. The average Bonchev–Trinajstić information content (AvgIpc) is 2.60. The van der Waals surface area contributed by atoms with Crippen molar-refractivity contribution in [3.05, 3.63) is 54.1 Å². The molecule has 0 saturated carbocycles. The van der Waals surface area contributed by atoms with Crippen molar-refractivity contribution in [2.45, 2.75) is 20.3 Å². The van der Waals surface area contributed by atoms with E-state index in [1.165, 1.54) is 0 Å². The van der Waals surface area contributed by atoms with Crippen LogP contribution in [0.25, 0.3) is 11.1 Å². The first-order valence-electron chi connectivity index (χ1n) is 6.09. The molecule has 0 heterocycles. The maximum atomic E-state index is 11.8. The highest BCUT2D eigenvalue weighted by atomic mass is 16.5. The van der Waals surface area contributed by atoms with E-state index in [0.717, 1.165) is 17.5 Å². The van der Waals surface area contributed by atoms with Crippen LogP contribution >= 0.6 is 0 Å². The summed E-state index contributed by atoms with van der Waals surface area (Å²) in [6.45, 7) is 3.77. The van der Waals surface area contributed by atoms with Crippen LogP contribution in [0.2, 0.25) is 0 Å². The molecule has 0 bridgehead atoms. The van der Waals surface area contributed by atoms with Crippen LogP contribution in [0.4, 0.5) is 0 Å². The fraction of sp³-hybridized carbons (Fsp3) is 0.188. The highest BCUT2D eigenvalue weighted by Crippen LogP contribution is 2.33. The van der Waals surface area contributed by atoms with Crippen molar-refractivity contribution in [2.24, 2.45) is 0 Å². The molecule has 92 valence electrons. The number of hydrogen-bond acceptors (Lipinski definition) is 2. The first kappa shape index (κ1) is 12.4. The number of ether oxygens (including phenoxy) is 1. The van der Waals surface area contributed by atoms with Gasteiger partial charge in [0.2, 0.25) is 0 Å². The molecule has 0 aromatic heterocycles. The van der Waals surface area contributed by atoms with Gasteiger partial charge in [-0.3, -0.25) is 0 Å². The van der Waals surface area contributed by atoms with Gasteiger partial charge < -0.3 is 4.74 Å². The lowest BCUT2D eigenvalue weighted by Crippen LogP contribution is -2.08. The molecule has 2 heteroatoms. The molecule has 0 saturated heterocycles. The number of rotatable bonds is 3. The first-order chi connectivity index (χ1) is 8.72. The number of esters is 1. The summed E-state index contributed by atoms with van der Waals surface area (Å²) < 4.78 is 5.42. The van der Waals surface area contributed by atoms with E-state index < -0.39 is 0 Å². The molecule has 2 rings (SSSR count). The predicted molar refractivity (Wildman–Crippen MR) is 72.7 cm³/mol.